The van der Waals surface area contributed by atoms with E-state index in [1.165, 1.54) is 18.2 Å². The Balaban J connectivity index is 2.18. The third-order valence-corrected chi connectivity index (χ3v) is 2.16. The van der Waals surface area contributed by atoms with Gasteiger partial charge in [0.15, 0.2) is 0 Å². The third kappa shape index (κ3) is 5.70. The van der Waals surface area contributed by atoms with Crippen LogP contribution in [-0.4, -0.2) is 56.2 Å². The topological polar surface area (TPSA) is 54.5 Å². The summed E-state index contributed by atoms with van der Waals surface area (Å²) in [5.41, 5.74) is 0.0725. The molecule has 0 bridgehead atoms. The number of carbonyl (C=O) groups is 1. The Morgan fingerprint density at radius 1 is 1.44 bits per heavy atom. The predicted octanol–water partition coefficient (Wildman–Crippen LogP) is 0.529. The van der Waals surface area contributed by atoms with Crippen molar-refractivity contribution in [2.75, 3.05) is 40.4 Å². The molecule has 18 heavy (non-hydrogen) atoms. The van der Waals surface area contributed by atoms with Crippen LogP contribution in [0.5, 0.6) is 0 Å². The molecule has 5 nitrogen and oxygen atoms in total. The molecule has 0 spiro atoms. The van der Waals surface area contributed by atoms with Gasteiger partial charge >= 0.3 is 0 Å². The number of hydrogen-bond donors (Lipinski definition) is 1. The monoisotopic (exact) mass is 255 g/mol. The van der Waals surface area contributed by atoms with E-state index in [1.807, 2.05) is 19.0 Å². The van der Waals surface area contributed by atoms with Gasteiger partial charge in [-0.3, -0.25) is 4.79 Å². The lowest BCUT2D eigenvalue weighted by atomic mass is 10.3. The lowest BCUT2D eigenvalue weighted by molar-refractivity contribution is 0.0895. The molecule has 6 heteroatoms. The summed E-state index contributed by atoms with van der Waals surface area (Å²) in [5.74, 6) is -1.06. The molecule has 1 rings (SSSR count). The van der Waals surface area contributed by atoms with Crippen LogP contribution in [0.2, 0.25) is 0 Å². The molecule has 1 N–H and O–H groups in total. The van der Waals surface area contributed by atoms with Gasteiger partial charge in [-0.1, -0.05) is 6.07 Å². The zero-order valence-corrected chi connectivity index (χ0v) is 10.6. The first-order chi connectivity index (χ1) is 8.59. The fraction of sp³-hybridized carbons (Fsp3) is 0.500. The fourth-order valence-corrected chi connectivity index (χ4v) is 1.21. The number of carbonyl (C=O) groups excluding carboxylic acids is 1. The molecule has 0 saturated carbocycles. The van der Waals surface area contributed by atoms with E-state index in [1.54, 1.807) is 0 Å². The van der Waals surface area contributed by atoms with Crippen LogP contribution in [0.3, 0.4) is 0 Å². The number of rotatable bonds is 7. The highest BCUT2D eigenvalue weighted by molar-refractivity contribution is 5.92. The summed E-state index contributed by atoms with van der Waals surface area (Å²) in [7, 11) is 3.92. The molecule has 0 atom stereocenters. The van der Waals surface area contributed by atoms with Crippen molar-refractivity contribution < 1.29 is 13.9 Å². The van der Waals surface area contributed by atoms with Gasteiger partial charge in [-0.15, -0.1) is 0 Å². The quantitative estimate of drug-likeness (QED) is 0.570. The molecule has 0 radical (unpaired) electrons. The normalized spacial score (nSPS) is 10.7. The van der Waals surface area contributed by atoms with E-state index in [-0.39, 0.29) is 5.69 Å². The maximum atomic E-state index is 12.8. The molecule has 1 aromatic rings. The van der Waals surface area contributed by atoms with Crippen molar-refractivity contribution in [2.45, 2.75) is 0 Å². The molecule has 0 fully saturated rings. The number of ether oxygens (including phenoxy) is 1. The van der Waals surface area contributed by atoms with Crippen LogP contribution in [0.25, 0.3) is 0 Å². The van der Waals surface area contributed by atoms with Crippen molar-refractivity contribution >= 4 is 5.91 Å². The summed E-state index contributed by atoms with van der Waals surface area (Å²) >= 11 is 0. The highest BCUT2D eigenvalue weighted by atomic mass is 19.1. The lowest BCUT2D eigenvalue weighted by Crippen LogP contribution is -2.29. The SMILES string of the molecule is CN(C)CCOCCNC(=O)c1cccc(F)n1. The number of nitrogens with zero attached hydrogens (tertiary/aromatic N) is 2. The molecular formula is C12H18FN3O2. The van der Waals surface area contributed by atoms with Gasteiger partial charge in [-0.05, 0) is 26.2 Å². The van der Waals surface area contributed by atoms with Crippen molar-refractivity contribution in [2.24, 2.45) is 0 Å². The van der Waals surface area contributed by atoms with Gasteiger partial charge in [0, 0.05) is 13.1 Å². The molecule has 0 aliphatic carbocycles. The Morgan fingerprint density at radius 3 is 2.89 bits per heavy atom. The van der Waals surface area contributed by atoms with Gasteiger partial charge in [0.2, 0.25) is 5.95 Å². The minimum Gasteiger partial charge on any atom is -0.378 e. The summed E-state index contributed by atoms with van der Waals surface area (Å²) in [6, 6.07) is 4.11. The van der Waals surface area contributed by atoms with Crippen molar-refractivity contribution in [1.82, 2.24) is 15.2 Å². The first kappa shape index (κ1) is 14.5. The van der Waals surface area contributed by atoms with Crippen LogP contribution in [-0.2, 0) is 4.74 Å². The highest BCUT2D eigenvalue weighted by Crippen LogP contribution is 1.97. The van der Waals surface area contributed by atoms with Crippen molar-refractivity contribution in [3.63, 3.8) is 0 Å². The van der Waals surface area contributed by atoms with E-state index in [0.29, 0.717) is 19.8 Å². The second kappa shape index (κ2) is 7.73. The zero-order valence-electron chi connectivity index (χ0n) is 10.6. The number of likely N-dealkylation sites (N-methyl/N-ethyl adjacent to an activating group) is 1. The largest absolute Gasteiger partial charge is 0.378 e. The van der Waals surface area contributed by atoms with Crippen LogP contribution < -0.4 is 5.32 Å². The van der Waals surface area contributed by atoms with E-state index >= 15 is 0 Å². The van der Waals surface area contributed by atoms with E-state index in [4.69, 9.17) is 4.74 Å². The maximum Gasteiger partial charge on any atom is 0.270 e. The highest BCUT2D eigenvalue weighted by Gasteiger charge is 2.06. The maximum absolute atomic E-state index is 12.8. The molecule has 0 aliphatic heterocycles. The van der Waals surface area contributed by atoms with Gasteiger partial charge in [0.05, 0.1) is 13.2 Å². The van der Waals surface area contributed by atoms with Crippen LogP contribution in [0.4, 0.5) is 4.39 Å². The number of halogens is 1. The predicted molar refractivity (Wildman–Crippen MR) is 65.9 cm³/mol. The van der Waals surface area contributed by atoms with Gasteiger partial charge in [0.25, 0.3) is 5.91 Å². The summed E-state index contributed by atoms with van der Waals surface area (Å²) < 4.78 is 18.1. The lowest BCUT2D eigenvalue weighted by Gasteiger charge is -2.10. The fourth-order valence-electron chi connectivity index (χ4n) is 1.21. The molecular weight excluding hydrogens is 237 g/mol. The first-order valence-corrected chi connectivity index (χ1v) is 5.73. The molecule has 1 aromatic heterocycles. The Hall–Kier alpha value is -1.53. The van der Waals surface area contributed by atoms with Crippen molar-refractivity contribution in [1.29, 1.82) is 0 Å². The second-order valence-electron chi connectivity index (χ2n) is 4.02. The average molecular weight is 255 g/mol. The van der Waals surface area contributed by atoms with Gasteiger partial charge in [0.1, 0.15) is 5.69 Å². The van der Waals surface area contributed by atoms with Crippen molar-refractivity contribution in [3.8, 4) is 0 Å². The van der Waals surface area contributed by atoms with Gasteiger partial charge in [-0.25, -0.2) is 4.98 Å². The van der Waals surface area contributed by atoms with E-state index in [0.717, 1.165) is 6.54 Å². The van der Waals surface area contributed by atoms with Crippen LogP contribution in [0.1, 0.15) is 10.5 Å². The van der Waals surface area contributed by atoms with Crippen LogP contribution in [0.15, 0.2) is 18.2 Å². The average Bonchev–Trinajstić information content (AvgIpc) is 2.33. The number of aromatic nitrogens is 1. The summed E-state index contributed by atoms with van der Waals surface area (Å²) in [6.45, 7) is 2.25. The second-order valence-corrected chi connectivity index (χ2v) is 4.02. The van der Waals surface area contributed by atoms with Gasteiger partial charge in [-0.2, -0.15) is 4.39 Å². The minimum atomic E-state index is -0.662. The Bertz CT molecular complexity index is 385. The Morgan fingerprint density at radius 2 is 2.22 bits per heavy atom. The number of amides is 1. The Kier molecular flexibility index (Phi) is 6.24. The summed E-state index contributed by atoms with van der Waals surface area (Å²) in [4.78, 5) is 17.0. The molecule has 0 saturated heterocycles. The Labute approximate surface area is 106 Å². The molecule has 0 aliphatic rings. The summed E-state index contributed by atoms with van der Waals surface area (Å²) in [5, 5.41) is 2.61. The number of pyridine rings is 1. The molecule has 1 amide bonds. The number of hydrogen-bond acceptors (Lipinski definition) is 4. The first-order valence-electron chi connectivity index (χ1n) is 5.73. The van der Waals surface area contributed by atoms with E-state index in [2.05, 4.69) is 10.3 Å². The summed E-state index contributed by atoms with van der Waals surface area (Å²) in [6.07, 6.45) is 0. The van der Waals surface area contributed by atoms with E-state index in [9.17, 15) is 9.18 Å². The standard InChI is InChI=1S/C12H18FN3O2/c1-16(2)7-9-18-8-6-14-12(17)10-4-3-5-11(13)15-10/h3-5H,6-9H2,1-2H3,(H,14,17). The van der Waals surface area contributed by atoms with Crippen molar-refractivity contribution in [3.05, 3.63) is 29.8 Å². The number of nitrogens with one attached hydrogen (secondary N) is 1. The third-order valence-electron chi connectivity index (χ3n) is 2.16. The van der Waals surface area contributed by atoms with Crippen LogP contribution in [0, 0.1) is 5.95 Å². The zero-order chi connectivity index (χ0) is 13.4. The smallest absolute Gasteiger partial charge is 0.270 e. The molecule has 1 heterocycles. The molecule has 100 valence electrons. The molecule has 0 unspecified atom stereocenters. The minimum absolute atomic E-state index is 0.0725. The molecule has 0 aromatic carbocycles. The van der Waals surface area contributed by atoms with E-state index < -0.39 is 11.9 Å². The van der Waals surface area contributed by atoms with Gasteiger partial charge < -0.3 is 15.0 Å². The van der Waals surface area contributed by atoms with Crippen LogP contribution >= 0.6 is 0 Å².